The summed E-state index contributed by atoms with van der Waals surface area (Å²) in [6.07, 6.45) is 13.1. The zero-order valence-corrected chi connectivity index (χ0v) is 30.5. The van der Waals surface area contributed by atoms with Crippen LogP contribution in [0, 0.1) is 94.2 Å². The molecule has 0 bridgehead atoms. The van der Waals surface area contributed by atoms with Crippen molar-refractivity contribution < 1.29 is 0 Å². The van der Waals surface area contributed by atoms with Gasteiger partial charge in [-0.25, -0.2) is 0 Å². The topological polar surface area (TPSA) is 0 Å². The third-order valence-electron chi connectivity index (χ3n) is 14.2. The maximum absolute atomic E-state index is 2.77. The Labute approximate surface area is 255 Å². The molecule has 3 fully saturated rings. The molecular weight excluding hydrogens is 480 g/mol. The van der Waals surface area contributed by atoms with Crippen molar-refractivity contribution in [1.29, 1.82) is 0 Å². The van der Waals surface area contributed by atoms with Crippen LogP contribution in [0.3, 0.4) is 0 Å². The van der Waals surface area contributed by atoms with Crippen LogP contribution in [0.15, 0.2) is 0 Å². The van der Waals surface area contributed by atoms with E-state index in [1.54, 1.807) is 0 Å². The summed E-state index contributed by atoms with van der Waals surface area (Å²) in [6.45, 7) is 37.9. The highest BCUT2D eigenvalue weighted by Crippen LogP contribution is 2.67. The first-order chi connectivity index (χ1) is 18.9. The molecule has 0 aromatic heterocycles. The second-order valence-electron chi connectivity index (χ2n) is 16.4. The highest BCUT2D eigenvalue weighted by atomic mass is 14.7. The van der Waals surface area contributed by atoms with E-state index in [9.17, 15) is 0 Å². The number of rotatable bonds is 12. The molecule has 3 saturated carbocycles. The van der Waals surface area contributed by atoms with Crippen molar-refractivity contribution in [2.75, 3.05) is 0 Å². The van der Waals surface area contributed by atoms with E-state index in [1.165, 1.54) is 57.8 Å². The van der Waals surface area contributed by atoms with Crippen molar-refractivity contribution in [3.05, 3.63) is 0 Å². The summed E-state index contributed by atoms with van der Waals surface area (Å²) in [5.41, 5.74) is 0.527. The molecule has 0 aromatic rings. The van der Waals surface area contributed by atoms with Crippen molar-refractivity contribution in [3.63, 3.8) is 0 Å². The van der Waals surface area contributed by atoms with E-state index in [-0.39, 0.29) is 0 Å². The van der Waals surface area contributed by atoms with E-state index >= 15 is 0 Å². The fourth-order valence-corrected chi connectivity index (χ4v) is 12.9. The van der Waals surface area contributed by atoms with Crippen molar-refractivity contribution >= 4 is 0 Å². The van der Waals surface area contributed by atoms with E-state index in [0.717, 1.165) is 88.8 Å². The Balaban J connectivity index is 0.00000274. The summed E-state index contributed by atoms with van der Waals surface area (Å²) in [6, 6.07) is 0. The lowest BCUT2D eigenvalue weighted by Gasteiger charge is -2.56. The zero-order valence-electron chi connectivity index (χ0n) is 30.5. The zero-order chi connectivity index (χ0) is 30.5. The predicted molar refractivity (Wildman–Crippen MR) is 181 cm³/mol. The second-order valence-corrected chi connectivity index (χ2v) is 16.4. The summed E-state index contributed by atoms with van der Waals surface area (Å²) in [5.74, 6) is 13.2. The molecule has 3 aliphatic rings. The molecule has 0 aliphatic heterocycles. The van der Waals surface area contributed by atoms with Crippen LogP contribution in [0.25, 0.3) is 0 Å². The Kier molecular flexibility index (Phi) is 14.2. The van der Waals surface area contributed by atoms with Gasteiger partial charge >= 0.3 is 0 Å². The van der Waals surface area contributed by atoms with Crippen LogP contribution in [-0.4, -0.2) is 0 Å². The lowest BCUT2D eigenvalue weighted by Crippen LogP contribution is -2.51. The molecule has 238 valence electrons. The Bertz CT molecular complexity index is 699. The van der Waals surface area contributed by atoms with Gasteiger partial charge in [-0.15, -0.1) is 0 Å². The summed E-state index contributed by atoms with van der Waals surface area (Å²) in [4.78, 5) is 0. The average Bonchev–Trinajstić information content (AvgIpc) is 3.52. The van der Waals surface area contributed by atoms with Gasteiger partial charge < -0.3 is 0 Å². The Morgan fingerprint density at radius 2 is 1.38 bits per heavy atom. The van der Waals surface area contributed by atoms with E-state index in [1.807, 2.05) is 13.8 Å². The molecule has 0 heteroatoms. The highest BCUT2D eigenvalue weighted by molar-refractivity contribution is 5.09. The highest BCUT2D eigenvalue weighted by Gasteiger charge is 2.61. The van der Waals surface area contributed by atoms with Gasteiger partial charge in [0, 0.05) is 0 Å². The minimum absolute atomic E-state index is 0.527. The van der Waals surface area contributed by atoms with Gasteiger partial charge in [0.1, 0.15) is 0 Å². The molecule has 13 atom stereocenters. The van der Waals surface area contributed by atoms with Crippen LogP contribution in [0.5, 0.6) is 0 Å². The molecule has 0 N–H and O–H groups in total. The van der Waals surface area contributed by atoms with Gasteiger partial charge in [0.05, 0.1) is 0 Å². The average molecular weight is 559 g/mol. The van der Waals surface area contributed by atoms with Crippen LogP contribution >= 0.6 is 0 Å². The largest absolute Gasteiger partial charge is 0.0683 e. The minimum Gasteiger partial charge on any atom is -0.0683 e. The quantitative estimate of drug-likeness (QED) is 0.223. The molecule has 0 spiro atoms. The number of fused-ring (bicyclic) bond motifs is 1. The van der Waals surface area contributed by atoms with Crippen LogP contribution in [0.4, 0.5) is 0 Å². The molecule has 3 rings (SSSR count). The van der Waals surface area contributed by atoms with Gasteiger partial charge in [-0.2, -0.15) is 0 Å². The monoisotopic (exact) mass is 559 g/mol. The molecule has 0 saturated heterocycles. The maximum atomic E-state index is 2.77. The summed E-state index contributed by atoms with van der Waals surface area (Å²) < 4.78 is 0. The second kappa shape index (κ2) is 15.6. The van der Waals surface area contributed by atoms with E-state index in [4.69, 9.17) is 0 Å². The van der Waals surface area contributed by atoms with Gasteiger partial charge in [-0.3, -0.25) is 0 Å². The minimum atomic E-state index is 0.527. The van der Waals surface area contributed by atoms with Crippen molar-refractivity contribution in [3.8, 4) is 0 Å². The van der Waals surface area contributed by atoms with Crippen molar-refractivity contribution in [2.45, 2.75) is 162 Å². The predicted octanol–water partition coefficient (Wildman–Crippen LogP) is 13.1. The van der Waals surface area contributed by atoms with Crippen LogP contribution < -0.4 is 0 Å². The molecule has 0 aromatic carbocycles. The lowest BCUT2D eigenvalue weighted by atomic mass is 9.49. The van der Waals surface area contributed by atoms with Crippen LogP contribution in [0.1, 0.15) is 162 Å². The standard InChI is InChI=1S/C38H72.C2H6/c1-14-19-32(31(15-2)30-20-17-18-21-30)36(25(8)23(4)5)26(9)33-22-38(13)34(16-3)28(11)35(24(6)7)29(12)37(38)27(33)10;1-2/h23-37H,14-22H2,1-13H3;1-2H3. The summed E-state index contributed by atoms with van der Waals surface area (Å²) in [7, 11) is 0. The third-order valence-corrected chi connectivity index (χ3v) is 14.2. The van der Waals surface area contributed by atoms with Gasteiger partial charge in [0.15, 0.2) is 0 Å². The molecule has 0 nitrogen and oxygen atoms in total. The molecular formula is C40H78. The van der Waals surface area contributed by atoms with Crippen molar-refractivity contribution in [1.82, 2.24) is 0 Å². The normalized spacial score (nSPS) is 38.5. The molecule has 3 aliphatic carbocycles. The SMILES string of the molecule is CC.CCCC(C(CC)C1CCCC1)C(C(C)C(C)C)C(C)C1CC2(C)C(CC)C(C)C(C(C)C)C(C)C2C1C. The Hall–Kier alpha value is 0. The summed E-state index contributed by atoms with van der Waals surface area (Å²) >= 11 is 0. The van der Waals surface area contributed by atoms with E-state index in [0.29, 0.717) is 5.41 Å². The third kappa shape index (κ3) is 6.87. The van der Waals surface area contributed by atoms with Gasteiger partial charge in [-0.1, -0.05) is 155 Å². The van der Waals surface area contributed by atoms with Gasteiger partial charge in [0.2, 0.25) is 0 Å². The Morgan fingerprint density at radius 3 is 1.82 bits per heavy atom. The fraction of sp³-hybridized carbons (Fsp3) is 1.00. The molecule has 40 heavy (non-hydrogen) atoms. The Morgan fingerprint density at radius 1 is 0.800 bits per heavy atom. The first kappa shape index (κ1) is 36.2. The number of hydrogen-bond acceptors (Lipinski definition) is 0. The maximum Gasteiger partial charge on any atom is -0.0259 e. The van der Waals surface area contributed by atoms with Crippen LogP contribution in [-0.2, 0) is 0 Å². The van der Waals surface area contributed by atoms with E-state index < -0.39 is 0 Å². The smallest absolute Gasteiger partial charge is 0.0259 e. The van der Waals surface area contributed by atoms with Crippen LogP contribution in [0.2, 0.25) is 0 Å². The van der Waals surface area contributed by atoms with E-state index in [2.05, 4.69) is 90.0 Å². The van der Waals surface area contributed by atoms with Gasteiger partial charge in [-0.05, 0) is 101 Å². The van der Waals surface area contributed by atoms with Gasteiger partial charge in [0.25, 0.3) is 0 Å². The molecule has 0 heterocycles. The van der Waals surface area contributed by atoms with Crippen molar-refractivity contribution in [2.24, 2.45) is 94.2 Å². The first-order valence-corrected chi connectivity index (χ1v) is 18.9. The lowest BCUT2D eigenvalue weighted by molar-refractivity contribution is -0.0824. The first-order valence-electron chi connectivity index (χ1n) is 18.9. The number of hydrogen-bond donors (Lipinski definition) is 0. The summed E-state index contributed by atoms with van der Waals surface area (Å²) in [5, 5.41) is 0. The fourth-order valence-electron chi connectivity index (χ4n) is 12.9. The molecule has 0 radical (unpaired) electrons. The molecule has 13 unspecified atom stereocenters. The molecule has 0 amide bonds.